The number of hydrogen-bond donors (Lipinski definition) is 3. The van der Waals surface area contributed by atoms with Crippen LogP contribution in [0.4, 0.5) is 0 Å². The first kappa shape index (κ1) is 19.4. The highest BCUT2D eigenvalue weighted by Crippen LogP contribution is 2.26. The van der Waals surface area contributed by atoms with Crippen molar-refractivity contribution in [1.82, 2.24) is 10.6 Å². The monoisotopic (exact) mass is 356 g/mol. The SMILES string of the molecule is CCCNC(=O)CCC(=O)N[C@H](CC(=O)O)c1cccc2ccccc12. The fraction of sp³-hybridized carbons (Fsp3) is 0.350. The van der Waals surface area contributed by atoms with Crippen molar-refractivity contribution >= 4 is 28.6 Å². The number of hydrogen-bond acceptors (Lipinski definition) is 3. The van der Waals surface area contributed by atoms with Crippen molar-refractivity contribution in [2.45, 2.75) is 38.6 Å². The van der Waals surface area contributed by atoms with Crippen LogP contribution in [0.3, 0.4) is 0 Å². The van der Waals surface area contributed by atoms with E-state index in [1.54, 1.807) is 0 Å². The zero-order chi connectivity index (χ0) is 18.9. The standard InChI is InChI=1S/C20H24N2O4/c1-2-12-21-18(23)10-11-19(24)22-17(13-20(25)26)16-9-5-7-14-6-3-4-8-15(14)16/h3-9,17H,2,10-13H2,1H3,(H,21,23)(H,22,24)(H,25,26)/t17-/m1/s1. The van der Waals surface area contributed by atoms with Gasteiger partial charge in [0.05, 0.1) is 12.5 Å². The summed E-state index contributed by atoms with van der Waals surface area (Å²) in [5.74, 6) is -1.51. The molecular formula is C20H24N2O4. The van der Waals surface area contributed by atoms with Crippen LogP contribution >= 0.6 is 0 Å². The van der Waals surface area contributed by atoms with Crippen molar-refractivity contribution in [2.75, 3.05) is 6.54 Å². The molecule has 0 spiro atoms. The summed E-state index contributed by atoms with van der Waals surface area (Å²) in [6, 6.07) is 12.6. The molecule has 0 unspecified atom stereocenters. The van der Waals surface area contributed by atoms with Gasteiger partial charge in [0.15, 0.2) is 0 Å². The van der Waals surface area contributed by atoms with E-state index in [2.05, 4.69) is 10.6 Å². The van der Waals surface area contributed by atoms with Crippen LogP contribution in [-0.2, 0) is 14.4 Å². The molecule has 0 saturated carbocycles. The van der Waals surface area contributed by atoms with Gasteiger partial charge >= 0.3 is 5.97 Å². The maximum Gasteiger partial charge on any atom is 0.305 e. The number of benzene rings is 2. The second-order valence-electron chi connectivity index (χ2n) is 6.14. The lowest BCUT2D eigenvalue weighted by Gasteiger charge is -2.19. The number of rotatable bonds is 9. The average molecular weight is 356 g/mol. The van der Waals surface area contributed by atoms with Crippen LogP contribution < -0.4 is 10.6 Å². The number of carboxylic acids is 1. The van der Waals surface area contributed by atoms with E-state index in [1.807, 2.05) is 49.4 Å². The molecule has 138 valence electrons. The van der Waals surface area contributed by atoms with Crippen molar-refractivity contribution < 1.29 is 19.5 Å². The zero-order valence-corrected chi connectivity index (χ0v) is 14.8. The molecule has 26 heavy (non-hydrogen) atoms. The van der Waals surface area contributed by atoms with Crippen LogP contribution in [0, 0.1) is 0 Å². The number of nitrogens with one attached hydrogen (secondary N) is 2. The molecule has 6 nitrogen and oxygen atoms in total. The minimum absolute atomic E-state index is 0.0242. The van der Waals surface area contributed by atoms with Crippen LogP contribution in [0.2, 0.25) is 0 Å². The molecule has 1 atom stereocenters. The van der Waals surface area contributed by atoms with Gasteiger partial charge in [-0.25, -0.2) is 0 Å². The quantitative estimate of drug-likeness (QED) is 0.644. The summed E-state index contributed by atoms with van der Waals surface area (Å²) in [5, 5.41) is 16.6. The van der Waals surface area contributed by atoms with E-state index in [0.717, 1.165) is 22.8 Å². The average Bonchev–Trinajstić information content (AvgIpc) is 2.63. The van der Waals surface area contributed by atoms with Crippen molar-refractivity contribution in [3.63, 3.8) is 0 Å². The highest BCUT2D eigenvalue weighted by molar-refractivity contribution is 5.88. The first-order chi connectivity index (χ1) is 12.5. The molecule has 6 heteroatoms. The van der Waals surface area contributed by atoms with E-state index < -0.39 is 12.0 Å². The van der Waals surface area contributed by atoms with Gasteiger partial charge in [0.1, 0.15) is 0 Å². The number of carboxylic acid groups (broad SMARTS) is 1. The van der Waals surface area contributed by atoms with Gasteiger partial charge in [0, 0.05) is 19.4 Å². The number of aliphatic carboxylic acids is 1. The molecule has 0 aliphatic carbocycles. The Balaban J connectivity index is 2.11. The lowest BCUT2D eigenvalue weighted by Crippen LogP contribution is -2.32. The fourth-order valence-electron chi connectivity index (χ4n) is 2.81. The van der Waals surface area contributed by atoms with E-state index >= 15 is 0 Å². The van der Waals surface area contributed by atoms with Gasteiger partial charge in [-0.2, -0.15) is 0 Å². The second-order valence-corrected chi connectivity index (χ2v) is 6.14. The molecule has 0 heterocycles. The van der Waals surface area contributed by atoms with E-state index in [9.17, 15) is 19.5 Å². The van der Waals surface area contributed by atoms with Crippen molar-refractivity contribution in [3.8, 4) is 0 Å². The summed E-state index contributed by atoms with van der Waals surface area (Å²) in [4.78, 5) is 35.1. The Morgan fingerprint density at radius 1 is 1.00 bits per heavy atom. The third-order valence-corrected chi connectivity index (χ3v) is 4.06. The molecule has 0 saturated heterocycles. The first-order valence-corrected chi connectivity index (χ1v) is 8.76. The minimum Gasteiger partial charge on any atom is -0.481 e. The first-order valence-electron chi connectivity index (χ1n) is 8.76. The fourth-order valence-corrected chi connectivity index (χ4v) is 2.81. The Bertz CT molecular complexity index is 783. The molecule has 2 aromatic rings. The predicted molar refractivity (Wildman–Crippen MR) is 99.6 cm³/mol. The lowest BCUT2D eigenvalue weighted by atomic mass is 9.96. The van der Waals surface area contributed by atoms with Crippen LogP contribution in [0.1, 0.15) is 44.2 Å². The van der Waals surface area contributed by atoms with E-state index in [-0.39, 0.29) is 31.1 Å². The molecule has 2 amide bonds. The summed E-state index contributed by atoms with van der Waals surface area (Å²) in [7, 11) is 0. The molecule has 0 aliphatic rings. The number of amides is 2. The van der Waals surface area contributed by atoms with Crippen molar-refractivity contribution in [1.29, 1.82) is 0 Å². The van der Waals surface area contributed by atoms with Crippen LogP contribution in [0.15, 0.2) is 42.5 Å². The maximum absolute atomic E-state index is 12.2. The van der Waals surface area contributed by atoms with Gasteiger partial charge in [-0.05, 0) is 22.8 Å². The Kier molecular flexibility index (Phi) is 7.14. The Morgan fingerprint density at radius 2 is 1.69 bits per heavy atom. The summed E-state index contributed by atoms with van der Waals surface area (Å²) < 4.78 is 0. The molecule has 0 bridgehead atoms. The van der Waals surface area contributed by atoms with E-state index in [0.29, 0.717) is 6.54 Å². The van der Waals surface area contributed by atoms with Gasteiger partial charge in [-0.1, -0.05) is 49.4 Å². The largest absolute Gasteiger partial charge is 0.481 e. The summed E-state index contributed by atoms with van der Waals surface area (Å²) in [6.45, 7) is 2.53. The number of fused-ring (bicyclic) bond motifs is 1. The zero-order valence-electron chi connectivity index (χ0n) is 14.8. The van der Waals surface area contributed by atoms with Crippen molar-refractivity contribution in [2.24, 2.45) is 0 Å². The molecule has 0 aliphatic heterocycles. The second kappa shape index (κ2) is 9.56. The minimum atomic E-state index is -0.996. The summed E-state index contributed by atoms with van der Waals surface area (Å²) >= 11 is 0. The Morgan fingerprint density at radius 3 is 2.42 bits per heavy atom. The van der Waals surface area contributed by atoms with Gasteiger partial charge in [-0.3, -0.25) is 14.4 Å². The van der Waals surface area contributed by atoms with Crippen LogP contribution in [0.25, 0.3) is 10.8 Å². The predicted octanol–water partition coefficient (Wildman–Crippen LogP) is 2.78. The molecule has 0 aromatic heterocycles. The topological polar surface area (TPSA) is 95.5 Å². The highest BCUT2D eigenvalue weighted by Gasteiger charge is 2.20. The van der Waals surface area contributed by atoms with Crippen LogP contribution in [0.5, 0.6) is 0 Å². The number of carbonyl (C=O) groups is 3. The Labute approximate surface area is 152 Å². The van der Waals surface area contributed by atoms with E-state index in [4.69, 9.17) is 0 Å². The van der Waals surface area contributed by atoms with Crippen LogP contribution in [-0.4, -0.2) is 29.4 Å². The molecule has 0 fully saturated rings. The number of carbonyl (C=O) groups excluding carboxylic acids is 2. The summed E-state index contributed by atoms with van der Waals surface area (Å²) in [6.07, 6.45) is 0.721. The molecule has 2 aromatic carbocycles. The Hall–Kier alpha value is -2.89. The smallest absolute Gasteiger partial charge is 0.305 e. The maximum atomic E-state index is 12.2. The normalized spacial score (nSPS) is 11.7. The van der Waals surface area contributed by atoms with Gasteiger partial charge in [0.2, 0.25) is 11.8 Å². The highest BCUT2D eigenvalue weighted by atomic mass is 16.4. The van der Waals surface area contributed by atoms with Gasteiger partial charge in [0.25, 0.3) is 0 Å². The lowest BCUT2D eigenvalue weighted by molar-refractivity contribution is -0.138. The van der Waals surface area contributed by atoms with Gasteiger partial charge < -0.3 is 15.7 Å². The third kappa shape index (κ3) is 5.58. The molecule has 3 N–H and O–H groups in total. The molecule has 2 rings (SSSR count). The van der Waals surface area contributed by atoms with Gasteiger partial charge in [-0.15, -0.1) is 0 Å². The summed E-state index contributed by atoms with van der Waals surface area (Å²) in [5.41, 5.74) is 0.759. The third-order valence-electron chi connectivity index (χ3n) is 4.06. The molecule has 0 radical (unpaired) electrons. The van der Waals surface area contributed by atoms with E-state index in [1.165, 1.54) is 0 Å². The molecular weight excluding hydrogens is 332 g/mol. The van der Waals surface area contributed by atoms with Crippen molar-refractivity contribution in [3.05, 3.63) is 48.0 Å².